The molecule has 0 saturated heterocycles. The number of hydrogen-bond acceptors (Lipinski definition) is 4. The Morgan fingerprint density at radius 3 is 2.14 bits per heavy atom. The molecular weight excluding hydrogens is 178 g/mol. The minimum absolute atomic E-state index is 0.0255. The number of nitrogens with two attached hydrogens (primary N) is 3. The summed E-state index contributed by atoms with van der Waals surface area (Å²) in [4.78, 5) is 11.6. The summed E-state index contributed by atoms with van der Waals surface area (Å²) in [5.41, 5.74) is 18.5. The van der Waals surface area contributed by atoms with Crippen molar-refractivity contribution in [1.29, 1.82) is 0 Å². The summed E-state index contributed by atoms with van der Waals surface area (Å²) >= 11 is 0. The first-order valence-electron chi connectivity index (χ1n) is 4.54. The zero-order valence-corrected chi connectivity index (χ0v) is 8.21. The molecule has 0 amide bonds. The smallest absolute Gasteiger partial charge is 0.167 e. The second-order valence-corrected chi connectivity index (χ2v) is 3.25. The third kappa shape index (κ3) is 1.96. The standard InChI is InChI=1S/C10H15N3O/c1-2-3-9(14)10-7(12)4-6(11)5-8(10)13/h4-5H,2-3,11-13H2,1H3. The van der Waals surface area contributed by atoms with Crippen molar-refractivity contribution in [3.05, 3.63) is 17.7 Å². The molecular formula is C10H15N3O. The Bertz CT molecular complexity index is 337. The predicted molar refractivity (Wildman–Crippen MR) is 58.9 cm³/mol. The van der Waals surface area contributed by atoms with Crippen molar-refractivity contribution >= 4 is 22.8 Å². The fraction of sp³-hybridized carbons (Fsp3) is 0.300. The molecule has 4 nitrogen and oxygen atoms in total. The number of rotatable bonds is 3. The van der Waals surface area contributed by atoms with Gasteiger partial charge >= 0.3 is 0 Å². The highest BCUT2D eigenvalue weighted by Gasteiger charge is 2.13. The van der Waals surface area contributed by atoms with Crippen LogP contribution in [-0.2, 0) is 0 Å². The minimum Gasteiger partial charge on any atom is -0.399 e. The third-order valence-electron chi connectivity index (χ3n) is 1.98. The van der Waals surface area contributed by atoms with E-state index < -0.39 is 0 Å². The lowest BCUT2D eigenvalue weighted by atomic mass is 10.0. The summed E-state index contributed by atoms with van der Waals surface area (Å²) in [7, 11) is 0. The molecule has 0 radical (unpaired) electrons. The Labute approximate surface area is 83.1 Å². The van der Waals surface area contributed by atoms with Gasteiger partial charge in [-0.25, -0.2) is 0 Å². The lowest BCUT2D eigenvalue weighted by molar-refractivity contribution is 0.0983. The van der Waals surface area contributed by atoms with Gasteiger partial charge in [-0.15, -0.1) is 0 Å². The van der Waals surface area contributed by atoms with Crippen LogP contribution in [0, 0.1) is 0 Å². The van der Waals surface area contributed by atoms with Crippen molar-refractivity contribution in [2.75, 3.05) is 17.2 Å². The molecule has 0 unspecified atom stereocenters. The number of benzene rings is 1. The van der Waals surface area contributed by atoms with E-state index in [2.05, 4.69) is 0 Å². The van der Waals surface area contributed by atoms with Gasteiger partial charge in [0.05, 0.1) is 5.56 Å². The van der Waals surface area contributed by atoms with Crippen LogP contribution in [0.2, 0.25) is 0 Å². The summed E-state index contributed by atoms with van der Waals surface area (Å²) < 4.78 is 0. The summed E-state index contributed by atoms with van der Waals surface area (Å²) in [5.74, 6) is -0.0255. The normalized spacial score (nSPS) is 10.1. The number of carbonyl (C=O) groups excluding carboxylic acids is 1. The number of anilines is 3. The van der Waals surface area contributed by atoms with Crippen LogP contribution in [-0.4, -0.2) is 5.78 Å². The highest BCUT2D eigenvalue weighted by molar-refractivity contribution is 6.06. The molecule has 1 aromatic rings. The van der Waals surface area contributed by atoms with E-state index in [0.717, 1.165) is 6.42 Å². The fourth-order valence-electron chi connectivity index (χ4n) is 1.39. The van der Waals surface area contributed by atoms with E-state index in [1.807, 2.05) is 6.92 Å². The summed E-state index contributed by atoms with van der Waals surface area (Å²) in [6.07, 6.45) is 1.24. The summed E-state index contributed by atoms with van der Waals surface area (Å²) in [5, 5.41) is 0. The second-order valence-electron chi connectivity index (χ2n) is 3.25. The lowest BCUT2D eigenvalue weighted by Crippen LogP contribution is -2.08. The topological polar surface area (TPSA) is 95.1 Å². The molecule has 14 heavy (non-hydrogen) atoms. The fourth-order valence-corrected chi connectivity index (χ4v) is 1.39. The SMILES string of the molecule is CCCC(=O)c1c(N)cc(N)cc1N. The van der Waals surface area contributed by atoms with Crippen molar-refractivity contribution in [3.63, 3.8) is 0 Å². The van der Waals surface area contributed by atoms with Gasteiger partial charge in [-0.1, -0.05) is 6.92 Å². The molecule has 0 bridgehead atoms. The maximum atomic E-state index is 11.6. The molecule has 1 rings (SSSR count). The van der Waals surface area contributed by atoms with E-state index in [0.29, 0.717) is 29.0 Å². The van der Waals surface area contributed by atoms with Gasteiger partial charge < -0.3 is 17.2 Å². The van der Waals surface area contributed by atoms with Crippen molar-refractivity contribution < 1.29 is 4.79 Å². The monoisotopic (exact) mass is 193 g/mol. The summed E-state index contributed by atoms with van der Waals surface area (Å²) in [6.45, 7) is 1.93. The highest BCUT2D eigenvalue weighted by Crippen LogP contribution is 2.25. The molecule has 76 valence electrons. The van der Waals surface area contributed by atoms with Crippen LogP contribution in [0.4, 0.5) is 17.1 Å². The van der Waals surface area contributed by atoms with Crippen LogP contribution < -0.4 is 17.2 Å². The van der Waals surface area contributed by atoms with Crippen molar-refractivity contribution in [2.45, 2.75) is 19.8 Å². The van der Waals surface area contributed by atoms with E-state index in [1.54, 1.807) is 12.1 Å². The zero-order valence-electron chi connectivity index (χ0n) is 8.21. The van der Waals surface area contributed by atoms with E-state index in [9.17, 15) is 4.79 Å². The van der Waals surface area contributed by atoms with Crippen LogP contribution in [0.1, 0.15) is 30.1 Å². The van der Waals surface area contributed by atoms with Gasteiger partial charge in [0.2, 0.25) is 0 Å². The largest absolute Gasteiger partial charge is 0.399 e. The second kappa shape index (κ2) is 4.00. The molecule has 0 aromatic heterocycles. The summed E-state index contributed by atoms with van der Waals surface area (Å²) in [6, 6.07) is 3.11. The Hall–Kier alpha value is -1.71. The molecule has 0 heterocycles. The number of nitrogen functional groups attached to an aromatic ring is 3. The molecule has 0 fully saturated rings. The molecule has 0 spiro atoms. The Morgan fingerprint density at radius 2 is 1.71 bits per heavy atom. The quantitative estimate of drug-likeness (QED) is 0.499. The van der Waals surface area contributed by atoms with Crippen LogP contribution in [0.15, 0.2) is 12.1 Å². The molecule has 4 heteroatoms. The Kier molecular flexibility index (Phi) is 2.96. The van der Waals surface area contributed by atoms with Crippen LogP contribution in [0.3, 0.4) is 0 Å². The van der Waals surface area contributed by atoms with Gasteiger partial charge in [-0.2, -0.15) is 0 Å². The van der Waals surface area contributed by atoms with Crippen molar-refractivity contribution in [2.24, 2.45) is 0 Å². The Morgan fingerprint density at radius 1 is 1.21 bits per heavy atom. The average Bonchev–Trinajstić information content (AvgIpc) is 2.01. The number of hydrogen-bond donors (Lipinski definition) is 3. The molecule has 0 aliphatic heterocycles. The molecule has 0 atom stereocenters. The van der Waals surface area contributed by atoms with Gasteiger partial charge in [0, 0.05) is 23.5 Å². The first kappa shape index (κ1) is 10.4. The number of Topliss-reactive ketones (excluding diaryl/α,β-unsaturated/α-hetero) is 1. The average molecular weight is 193 g/mol. The highest BCUT2D eigenvalue weighted by atomic mass is 16.1. The van der Waals surface area contributed by atoms with Crippen LogP contribution in [0.25, 0.3) is 0 Å². The number of carbonyl (C=O) groups is 1. The van der Waals surface area contributed by atoms with Gasteiger partial charge in [-0.3, -0.25) is 4.79 Å². The minimum atomic E-state index is -0.0255. The molecule has 0 aliphatic carbocycles. The van der Waals surface area contributed by atoms with E-state index in [4.69, 9.17) is 17.2 Å². The first-order valence-corrected chi connectivity index (χ1v) is 4.54. The lowest BCUT2D eigenvalue weighted by Gasteiger charge is -2.08. The molecule has 6 N–H and O–H groups in total. The van der Waals surface area contributed by atoms with Gasteiger partial charge in [0.1, 0.15) is 0 Å². The van der Waals surface area contributed by atoms with Gasteiger partial charge in [0.25, 0.3) is 0 Å². The zero-order chi connectivity index (χ0) is 10.7. The molecule has 1 aromatic carbocycles. The van der Waals surface area contributed by atoms with Crippen LogP contribution >= 0.6 is 0 Å². The third-order valence-corrected chi connectivity index (χ3v) is 1.98. The van der Waals surface area contributed by atoms with Crippen molar-refractivity contribution in [1.82, 2.24) is 0 Å². The van der Waals surface area contributed by atoms with Gasteiger partial charge in [0.15, 0.2) is 5.78 Å². The maximum absolute atomic E-state index is 11.6. The number of ketones is 1. The van der Waals surface area contributed by atoms with Crippen LogP contribution in [0.5, 0.6) is 0 Å². The molecule has 0 saturated carbocycles. The van der Waals surface area contributed by atoms with E-state index in [1.165, 1.54) is 0 Å². The Balaban J connectivity index is 3.14. The predicted octanol–water partition coefficient (Wildman–Crippen LogP) is 1.42. The maximum Gasteiger partial charge on any atom is 0.167 e. The van der Waals surface area contributed by atoms with E-state index in [-0.39, 0.29) is 5.78 Å². The molecule has 0 aliphatic rings. The van der Waals surface area contributed by atoms with E-state index >= 15 is 0 Å². The van der Waals surface area contributed by atoms with Gasteiger partial charge in [-0.05, 0) is 18.6 Å². The first-order chi connectivity index (χ1) is 6.56. The van der Waals surface area contributed by atoms with Crippen molar-refractivity contribution in [3.8, 4) is 0 Å².